The Morgan fingerprint density at radius 2 is 0.866 bits per heavy atom. The summed E-state index contributed by atoms with van der Waals surface area (Å²) < 4.78 is 5.92. The molecule has 3 N–H and O–H groups in total. The van der Waals surface area contributed by atoms with Gasteiger partial charge in [0.05, 0.1) is 25.2 Å². The summed E-state index contributed by atoms with van der Waals surface area (Å²) in [5.74, 6) is -0.552. The molecule has 0 aliphatic carbocycles. The summed E-state index contributed by atoms with van der Waals surface area (Å²) in [5, 5.41) is 23.9. The summed E-state index contributed by atoms with van der Waals surface area (Å²) >= 11 is 0. The van der Waals surface area contributed by atoms with E-state index in [9.17, 15) is 19.8 Å². The van der Waals surface area contributed by atoms with Crippen molar-refractivity contribution in [3.63, 3.8) is 0 Å². The van der Waals surface area contributed by atoms with E-state index in [1.165, 1.54) is 103 Å². The van der Waals surface area contributed by atoms with E-state index >= 15 is 0 Å². The highest BCUT2D eigenvalue weighted by Crippen LogP contribution is 2.17. The zero-order valence-corrected chi connectivity index (χ0v) is 43.8. The number of carbonyl (C=O) groups is 2. The number of ether oxygens (including phenoxy) is 1. The molecular weight excluding hydrogens is 827 g/mol. The molecule has 0 aliphatic heterocycles. The highest BCUT2D eigenvalue weighted by atomic mass is 16.5. The Kier molecular flexibility index (Phi) is 51.1. The highest BCUT2D eigenvalue weighted by Gasteiger charge is 2.24. The van der Waals surface area contributed by atoms with Crippen LogP contribution in [0, 0.1) is 0 Å². The zero-order valence-electron chi connectivity index (χ0n) is 43.8. The van der Waals surface area contributed by atoms with Crippen molar-refractivity contribution in [2.45, 2.75) is 270 Å². The summed E-state index contributed by atoms with van der Waals surface area (Å²) in [6, 6.07) is -0.728. The number of amides is 1. The van der Waals surface area contributed by atoms with Crippen LogP contribution in [0.5, 0.6) is 0 Å². The molecule has 0 saturated carbocycles. The highest BCUT2D eigenvalue weighted by molar-refractivity contribution is 5.77. The van der Waals surface area contributed by atoms with Gasteiger partial charge in [0.25, 0.3) is 0 Å². The average molecular weight is 933 g/mol. The summed E-state index contributed by atoms with van der Waals surface area (Å²) in [7, 11) is 0. The van der Waals surface area contributed by atoms with Crippen LogP contribution in [0.3, 0.4) is 0 Å². The molecule has 67 heavy (non-hydrogen) atoms. The van der Waals surface area contributed by atoms with Crippen molar-refractivity contribution < 1.29 is 24.5 Å². The fourth-order valence-corrected chi connectivity index (χ4v) is 8.02. The van der Waals surface area contributed by atoms with Gasteiger partial charge in [-0.05, 0) is 89.9 Å². The Balaban J connectivity index is 4.71. The maximum atomic E-state index is 13.3. The summed E-state index contributed by atoms with van der Waals surface area (Å²) in [6.07, 6.45) is 71.8. The fraction of sp³-hybridized carbons (Fsp3) is 0.705. The van der Waals surface area contributed by atoms with Crippen molar-refractivity contribution in [1.29, 1.82) is 0 Å². The third-order valence-corrected chi connectivity index (χ3v) is 12.2. The lowest BCUT2D eigenvalue weighted by Crippen LogP contribution is -2.46. The number of aliphatic hydroxyl groups is 2. The minimum Gasteiger partial charge on any atom is -0.462 e. The van der Waals surface area contributed by atoms with Gasteiger partial charge in [0.2, 0.25) is 5.91 Å². The first-order valence-corrected chi connectivity index (χ1v) is 28.0. The minimum absolute atomic E-state index is 0.0337. The lowest BCUT2D eigenvalue weighted by molar-refractivity contribution is -0.151. The molecule has 6 heteroatoms. The van der Waals surface area contributed by atoms with Gasteiger partial charge in [-0.1, -0.05) is 246 Å². The van der Waals surface area contributed by atoms with Crippen molar-refractivity contribution in [2.24, 2.45) is 0 Å². The van der Waals surface area contributed by atoms with Crippen molar-refractivity contribution in [1.82, 2.24) is 5.32 Å². The Bertz CT molecular complexity index is 1320. The van der Waals surface area contributed by atoms with Crippen molar-refractivity contribution in [2.75, 3.05) is 6.61 Å². The number of allylic oxidation sites excluding steroid dienone is 16. The van der Waals surface area contributed by atoms with Gasteiger partial charge in [-0.15, -0.1) is 0 Å². The van der Waals surface area contributed by atoms with Gasteiger partial charge >= 0.3 is 5.97 Å². The molecule has 0 fully saturated rings. The standard InChI is InChI=1S/C61H105NO5/c1-4-7-10-13-16-19-22-25-28-31-34-37-40-43-46-49-52-57(67-61(66)54-51-48-45-42-39-36-33-30-27-24-21-18-15-12-9-6-3)55-60(65)62-58(56-63)59(64)53-50-47-44-41-38-35-32-29-26-23-20-17-14-11-8-5-2/h9,12,16,18-19,21-22,25,27-28,30-31,34,36-37,39,57-59,63-64H,4-8,10-11,13-15,17,20,23-24,26,29,32-33,35,38,40-56H2,1-3H3,(H,62,65)/b12-9+,19-16+,21-18+,25-22+,30-27+,31-28+,37-34+,39-36+. The topological polar surface area (TPSA) is 95.9 Å². The number of unbranched alkanes of at least 4 members (excludes halogenated alkanes) is 24. The maximum absolute atomic E-state index is 13.3. The monoisotopic (exact) mass is 932 g/mol. The molecule has 0 aromatic carbocycles. The molecule has 0 radical (unpaired) electrons. The first kappa shape index (κ1) is 63.8. The van der Waals surface area contributed by atoms with Gasteiger partial charge in [0, 0.05) is 6.42 Å². The van der Waals surface area contributed by atoms with E-state index in [-0.39, 0.29) is 24.9 Å². The maximum Gasteiger partial charge on any atom is 0.306 e. The molecule has 0 aromatic heterocycles. The SMILES string of the molecule is CC/C=C/C/C=C/C/C=C/C/C=C/CCCCCC(=O)OC(CCCCC/C=C/C=C/C=C/C=C/CCCCC)CC(=O)NC(CO)C(O)CCCCCCCCCCCCCCCCCC. The largest absolute Gasteiger partial charge is 0.462 e. The second-order valence-electron chi connectivity index (χ2n) is 18.7. The van der Waals surface area contributed by atoms with Crippen LogP contribution in [0.2, 0.25) is 0 Å². The van der Waals surface area contributed by atoms with Gasteiger partial charge in [-0.2, -0.15) is 0 Å². The van der Waals surface area contributed by atoms with Crippen LogP contribution in [-0.2, 0) is 14.3 Å². The summed E-state index contributed by atoms with van der Waals surface area (Å²) in [6.45, 7) is 6.32. The number of rotatable bonds is 49. The number of hydrogen-bond acceptors (Lipinski definition) is 5. The van der Waals surface area contributed by atoms with Crippen molar-refractivity contribution >= 4 is 11.9 Å². The molecule has 6 nitrogen and oxygen atoms in total. The molecule has 0 bridgehead atoms. The van der Waals surface area contributed by atoms with Gasteiger partial charge < -0.3 is 20.3 Å². The van der Waals surface area contributed by atoms with E-state index in [1.54, 1.807) is 0 Å². The van der Waals surface area contributed by atoms with Crippen LogP contribution in [0.4, 0.5) is 0 Å². The normalized spacial score (nSPS) is 13.9. The van der Waals surface area contributed by atoms with E-state index in [2.05, 4.69) is 117 Å². The number of esters is 1. The van der Waals surface area contributed by atoms with Gasteiger partial charge in [-0.25, -0.2) is 0 Å². The quantitative estimate of drug-likeness (QED) is 0.0244. The average Bonchev–Trinajstić information content (AvgIpc) is 3.32. The third-order valence-electron chi connectivity index (χ3n) is 12.2. The molecule has 0 spiro atoms. The Morgan fingerprint density at radius 3 is 1.39 bits per heavy atom. The van der Waals surface area contributed by atoms with Crippen LogP contribution < -0.4 is 5.32 Å². The molecule has 3 atom stereocenters. The van der Waals surface area contributed by atoms with E-state index in [0.29, 0.717) is 19.3 Å². The van der Waals surface area contributed by atoms with Crippen LogP contribution in [0.1, 0.15) is 252 Å². The molecule has 384 valence electrons. The van der Waals surface area contributed by atoms with Gasteiger partial charge in [0.1, 0.15) is 6.10 Å². The second-order valence-corrected chi connectivity index (χ2v) is 18.7. The van der Waals surface area contributed by atoms with Crippen LogP contribution >= 0.6 is 0 Å². The van der Waals surface area contributed by atoms with Crippen LogP contribution in [0.15, 0.2) is 97.2 Å². The van der Waals surface area contributed by atoms with Crippen molar-refractivity contribution in [3.8, 4) is 0 Å². The lowest BCUT2D eigenvalue weighted by Gasteiger charge is -2.24. The minimum atomic E-state index is -0.811. The molecule has 0 aromatic rings. The zero-order chi connectivity index (χ0) is 48.8. The second kappa shape index (κ2) is 53.7. The predicted molar refractivity (Wildman–Crippen MR) is 291 cm³/mol. The van der Waals surface area contributed by atoms with E-state index in [1.807, 2.05) is 6.08 Å². The number of aliphatic hydroxyl groups excluding tert-OH is 2. The molecule has 0 heterocycles. The molecule has 0 aliphatic rings. The molecular formula is C61H105NO5. The smallest absolute Gasteiger partial charge is 0.306 e. The number of nitrogens with one attached hydrogen (secondary N) is 1. The van der Waals surface area contributed by atoms with E-state index in [0.717, 1.165) is 103 Å². The molecule has 0 rings (SSSR count). The van der Waals surface area contributed by atoms with Crippen molar-refractivity contribution in [3.05, 3.63) is 97.2 Å². The number of carbonyl (C=O) groups excluding carboxylic acids is 2. The third kappa shape index (κ3) is 49.0. The first-order valence-electron chi connectivity index (χ1n) is 28.0. The molecule has 1 amide bonds. The molecule has 0 saturated heterocycles. The Morgan fingerprint density at radius 1 is 0.463 bits per heavy atom. The molecule has 3 unspecified atom stereocenters. The summed E-state index contributed by atoms with van der Waals surface area (Å²) in [4.78, 5) is 26.2. The fourth-order valence-electron chi connectivity index (χ4n) is 8.02. The predicted octanol–water partition coefficient (Wildman–Crippen LogP) is 17.3. The van der Waals surface area contributed by atoms with E-state index < -0.39 is 18.2 Å². The van der Waals surface area contributed by atoms with Gasteiger partial charge in [0.15, 0.2) is 0 Å². The number of hydrogen-bond donors (Lipinski definition) is 3. The van der Waals surface area contributed by atoms with Gasteiger partial charge in [-0.3, -0.25) is 9.59 Å². The Hall–Kier alpha value is -3.22. The Labute approximate surface area is 414 Å². The summed E-state index contributed by atoms with van der Waals surface area (Å²) in [5.41, 5.74) is 0. The van der Waals surface area contributed by atoms with E-state index in [4.69, 9.17) is 4.74 Å². The lowest BCUT2D eigenvalue weighted by atomic mass is 10.0. The van der Waals surface area contributed by atoms with Crippen LogP contribution in [0.25, 0.3) is 0 Å². The first-order chi connectivity index (χ1) is 33.0. The van der Waals surface area contributed by atoms with Crippen LogP contribution in [-0.4, -0.2) is 46.9 Å².